The molecule has 0 saturated heterocycles. The Labute approximate surface area is 154 Å². The van der Waals surface area contributed by atoms with E-state index < -0.39 is 0 Å². The maximum atomic E-state index is 13.6. The summed E-state index contributed by atoms with van der Waals surface area (Å²) in [5.41, 5.74) is 0. The highest BCUT2D eigenvalue weighted by Crippen LogP contribution is 2.26. The van der Waals surface area contributed by atoms with Crippen LogP contribution in [0.3, 0.4) is 0 Å². The molecular formula is C19H29FN4O2. The van der Waals surface area contributed by atoms with Crippen LogP contribution in [0.1, 0.15) is 32.6 Å². The van der Waals surface area contributed by atoms with Gasteiger partial charge in [-0.15, -0.1) is 0 Å². The molecule has 1 saturated carbocycles. The molecule has 1 aromatic carbocycles. The number of aliphatic imine (C=N–C) groups is 1. The Morgan fingerprint density at radius 1 is 1.27 bits per heavy atom. The Morgan fingerprint density at radius 2 is 2.00 bits per heavy atom. The van der Waals surface area contributed by atoms with Gasteiger partial charge < -0.3 is 20.7 Å². The lowest BCUT2D eigenvalue weighted by Gasteiger charge is -2.24. The van der Waals surface area contributed by atoms with Crippen LogP contribution >= 0.6 is 0 Å². The van der Waals surface area contributed by atoms with Crippen LogP contribution in [0.15, 0.2) is 29.3 Å². The second-order valence-electron chi connectivity index (χ2n) is 6.51. The van der Waals surface area contributed by atoms with Crippen molar-refractivity contribution < 1.29 is 13.9 Å². The summed E-state index contributed by atoms with van der Waals surface area (Å²) in [5.74, 6) is 0.934. The van der Waals surface area contributed by atoms with Gasteiger partial charge in [-0.3, -0.25) is 9.79 Å². The second-order valence-corrected chi connectivity index (χ2v) is 6.51. The molecule has 2 rings (SSSR count). The largest absolute Gasteiger partial charge is 0.486 e. The zero-order valence-corrected chi connectivity index (χ0v) is 15.6. The molecule has 0 aromatic heterocycles. The van der Waals surface area contributed by atoms with E-state index in [4.69, 9.17) is 4.74 Å². The average Bonchev–Trinajstić information content (AvgIpc) is 2.57. The summed E-state index contributed by atoms with van der Waals surface area (Å²) < 4.78 is 19.2. The first kappa shape index (κ1) is 20.0. The minimum Gasteiger partial charge on any atom is -0.486 e. The molecule has 1 atom stereocenters. The summed E-state index contributed by atoms with van der Waals surface area (Å²) in [4.78, 5) is 15.9. The molecule has 0 spiro atoms. The van der Waals surface area contributed by atoms with Gasteiger partial charge in [-0.25, -0.2) is 4.39 Å². The fourth-order valence-corrected chi connectivity index (χ4v) is 2.58. The van der Waals surface area contributed by atoms with Crippen LogP contribution in [0, 0.1) is 11.7 Å². The minimum atomic E-state index is -0.370. The average molecular weight is 364 g/mol. The van der Waals surface area contributed by atoms with E-state index in [0.717, 1.165) is 19.3 Å². The highest BCUT2D eigenvalue weighted by molar-refractivity contribution is 5.80. The highest BCUT2D eigenvalue weighted by Gasteiger charge is 2.24. The van der Waals surface area contributed by atoms with Crippen molar-refractivity contribution in [1.82, 2.24) is 16.0 Å². The van der Waals surface area contributed by atoms with Gasteiger partial charge in [-0.1, -0.05) is 18.6 Å². The maximum absolute atomic E-state index is 13.6. The highest BCUT2D eigenvalue weighted by atomic mass is 19.1. The standard InChI is InChI=1S/C19H29FN4O2/c1-14(26-17-10-4-3-9-16(17)20)13-24-19(21-2)23-12-6-11-22-18(25)15-7-5-8-15/h3-4,9-10,14-15H,5-8,11-13H2,1-2H3,(H,22,25)(H2,21,23,24). The minimum absolute atomic E-state index is 0.179. The SMILES string of the molecule is CN=C(NCCCNC(=O)C1CCC1)NCC(C)Oc1ccccc1F. The van der Waals surface area contributed by atoms with Crippen molar-refractivity contribution in [2.75, 3.05) is 26.7 Å². The molecule has 6 nitrogen and oxygen atoms in total. The van der Waals surface area contributed by atoms with E-state index in [2.05, 4.69) is 20.9 Å². The summed E-state index contributed by atoms with van der Waals surface area (Å²) in [5, 5.41) is 9.30. The number of halogens is 1. The van der Waals surface area contributed by atoms with Gasteiger partial charge in [-0.2, -0.15) is 0 Å². The van der Waals surface area contributed by atoms with Crippen LogP contribution < -0.4 is 20.7 Å². The van der Waals surface area contributed by atoms with Crippen molar-refractivity contribution >= 4 is 11.9 Å². The molecule has 1 amide bonds. The van der Waals surface area contributed by atoms with Crippen LogP contribution in [0.5, 0.6) is 5.75 Å². The molecule has 0 heterocycles. The van der Waals surface area contributed by atoms with Gasteiger partial charge in [0.25, 0.3) is 0 Å². The number of guanidine groups is 1. The zero-order valence-electron chi connectivity index (χ0n) is 15.6. The molecular weight excluding hydrogens is 335 g/mol. The predicted octanol–water partition coefficient (Wildman–Crippen LogP) is 2.06. The van der Waals surface area contributed by atoms with Gasteiger partial charge in [-0.05, 0) is 38.3 Å². The van der Waals surface area contributed by atoms with Crippen LogP contribution in [0.4, 0.5) is 4.39 Å². The zero-order chi connectivity index (χ0) is 18.8. The first-order chi connectivity index (χ1) is 12.6. The topological polar surface area (TPSA) is 74.8 Å². The van der Waals surface area contributed by atoms with Gasteiger partial charge in [0.1, 0.15) is 6.10 Å². The van der Waals surface area contributed by atoms with E-state index in [1.54, 1.807) is 25.2 Å². The molecule has 0 radical (unpaired) electrons. The number of hydrogen-bond acceptors (Lipinski definition) is 3. The van der Waals surface area contributed by atoms with E-state index in [1.165, 1.54) is 12.5 Å². The lowest BCUT2D eigenvalue weighted by atomic mass is 9.85. The summed E-state index contributed by atoms with van der Waals surface area (Å²) >= 11 is 0. The molecule has 3 N–H and O–H groups in total. The number of benzene rings is 1. The Bertz CT molecular complexity index is 605. The Hall–Kier alpha value is -2.31. The van der Waals surface area contributed by atoms with Crippen LogP contribution in [0.25, 0.3) is 0 Å². The molecule has 1 aliphatic rings. The third-order valence-corrected chi connectivity index (χ3v) is 4.37. The van der Waals surface area contributed by atoms with Crippen LogP contribution in [-0.4, -0.2) is 44.7 Å². The van der Waals surface area contributed by atoms with E-state index in [-0.39, 0.29) is 29.5 Å². The normalized spacial score (nSPS) is 15.7. The van der Waals surface area contributed by atoms with E-state index in [0.29, 0.717) is 25.6 Å². The molecule has 1 unspecified atom stereocenters. The molecule has 144 valence electrons. The quantitative estimate of drug-likeness (QED) is 0.356. The predicted molar refractivity (Wildman–Crippen MR) is 101 cm³/mol. The van der Waals surface area contributed by atoms with Gasteiger partial charge in [0.15, 0.2) is 17.5 Å². The smallest absolute Gasteiger partial charge is 0.223 e. The number of hydrogen-bond donors (Lipinski definition) is 3. The van der Waals surface area contributed by atoms with Crippen LogP contribution in [0.2, 0.25) is 0 Å². The number of carbonyl (C=O) groups is 1. The Morgan fingerprint density at radius 3 is 2.65 bits per heavy atom. The van der Waals surface area contributed by atoms with Crippen molar-refractivity contribution in [3.05, 3.63) is 30.1 Å². The first-order valence-electron chi connectivity index (χ1n) is 9.23. The monoisotopic (exact) mass is 364 g/mol. The van der Waals surface area contributed by atoms with E-state index in [9.17, 15) is 9.18 Å². The summed E-state index contributed by atoms with van der Waals surface area (Å²) in [6, 6.07) is 6.35. The fraction of sp³-hybridized carbons (Fsp3) is 0.579. The molecule has 0 aliphatic heterocycles. The summed E-state index contributed by atoms with van der Waals surface area (Å²) in [6.45, 7) is 3.72. The molecule has 1 fully saturated rings. The molecule has 0 bridgehead atoms. The number of para-hydroxylation sites is 1. The van der Waals surface area contributed by atoms with Crippen molar-refractivity contribution in [1.29, 1.82) is 0 Å². The van der Waals surface area contributed by atoms with Gasteiger partial charge in [0.05, 0.1) is 6.54 Å². The number of rotatable bonds is 9. The Balaban J connectivity index is 1.58. The fourth-order valence-electron chi connectivity index (χ4n) is 2.58. The van der Waals surface area contributed by atoms with E-state index >= 15 is 0 Å². The number of carbonyl (C=O) groups excluding carboxylic acids is 1. The molecule has 7 heteroatoms. The maximum Gasteiger partial charge on any atom is 0.223 e. The van der Waals surface area contributed by atoms with Crippen LogP contribution in [-0.2, 0) is 4.79 Å². The third-order valence-electron chi connectivity index (χ3n) is 4.37. The van der Waals surface area contributed by atoms with Gasteiger partial charge in [0.2, 0.25) is 5.91 Å². The third kappa shape index (κ3) is 6.54. The lowest BCUT2D eigenvalue weighted by molar-refractivity contribution is -0.127. The number of ether oxygens (including phenoxy) is 1. The van der Waals surface area contributed by atoms with E-state index in [1.807, 2.05) is 6.92 Å². The van der Waals surface area contributed by atoms with Gasteiger partial charge >= 0.3 is 0 Å². The summed E-state index contributed by atoms with van der Waals surface area (Å²) in [6.07, 6.45) is 3.81. The molecule has 1 aromatic rings. The van der Waals surface area contributed by atoms with Crippen molar-refractivity contribution in [3.8, 4) is 5.75 Å². The molecule has 1 aliphatic carbocycles. The number of nitrogens with one attached hydrogen (secondary N) is 3. The van der Waals surface area contributed by atoms with Crippen molar-refractivity contribution in [3.63, 3.8) is 0 Å². The summed E-state index contributed by atoms with van der Waals surface area (Å²) in [7, 11) is 1.69. The van der Waals surface area contributed by atoms with Crippen molar-refractivity contribution in [2.24, 2.45) is 10.9 Å². The lowest BCUT2D eigenvalue weighted by Crippen LogP contribution is -2.43. The number of nitrogens with zero attached hydrogens (tertiary/aromatic N) is 1. The van der Waals surface area contributed by atoms with Crippen molar-refractivity contribution in [2.45, 2.75) is 38.7 Å². The molecule has 26 heavy (non-hydrogen) atoms. The Kier molecular flexibility index (Phi) is 8.18. The first-order valence-corrected chi connectivity index (χ1v) is 9.23. The van der Waals surface area contributed by atoms with Gasteiger partial charge in [0, 0.05) is 26.1 Å². The number of amides is 1. The second kappa shape index (κ2) is 10.6.